The summed E-state index contributed by atoms with van der Waals surface area (Å²) in [7, 11) is 0. The Labute approximate surface area is 241 Å². The fourth-order valence-electron chi connectivity index (χ4n) is 5.03. The lowest BCUT2D eigenvalue weighted by Gasteiger charge is -2.35. The number of carbonyl (C=O) groups is 3. The maximum atomic E-state index is 13.7. The summed E-state index contributed by atoms with van der Waals surface area (Å²) in [5.41, 5.74) is 9.77. The van der Waals surface area contributed by atoms with E-state index >= 15 is 0 Å². The van der Waals surface area contributed by atoms with Gasteiger partial charge in [-0.25, -0.2) is 4.98 Å². The average Bonchev–Trinajstić information content (AvgIpc) is 3.51. The number of β-amino-alcohol motifs (C(OH)–C–C–N with tert-alkyl or cyclic N) is 1. The van der Waals surface area contributed by atoms with E-state index in [1.54, 1.807) is 11.3 Å². The molecule has 9 nitrogen and oxygen atoms in total. The van der Waals surface area contributed by atoms with Crippen LogP contribution in [0.4, 0.5) is 0 Å². The highest BCUT2D eigenvalue weighted by molar-refractivity contribution is 7.13. The van der Waals surface area contributed by atoms with Crippen molar-refractivity contribution in [3.8, 4) is 10.4 Å². The molecule has 1 aliphatic rings. The number of benzene rings is 1. The minimum atomic E-state index is -0.818. The topological polar surface area (TPSA) is 138 Å². The molecule has 3 amide bonds. The molecule has 0 bridgehead atoms. The Kier molecular flexibility index (Phi) is 11.2. The van der Waals surface area contributed by atoms with Gasteiger partial charge in [-0.3, -0.25) is 14.4 Å². The number of thiazole rings is 1. The van der Waals surface area contributed by atoms with E-state index < -0.39 is 23.6 Å². The van der Waals surface area contributed by atoms with Gasteiger partial charge in [0.2, 0.25) is 17.7 Å². The highest BCUT2D eigenvalue weighted by Crippen LogP contribution is 2.29. The maximum Gasteiger partial charge on any atom is 0.246 e. The lowest BCUT2D eigenvalue weighted by atomic mass is 9.85. The predicted octanol–water partition coefficient (Wildman–Crippen LogP) is 3.70. The molecule has 1 aromatic heterocycles. The molecular weight excluding hydrogens is 526 g/mol. The van der Waals surface area contributed by atoms with E-state index in [0.29, 0.717) is 13.0 Å². The van der Waals surface area contributed by atoms with Crippen LogP contribution in [0.15, 0.2) is 29.8 Å². The number of hydrogen-bond donors (Lipinski definition) is 4. The van der Waals surface area contributed by atoms with Gasteiger partial charge in [0.25, 0.3) is 0 Å². The molecule has 0 aliphatic carbocycles. The largest absolute Gasteiger partial charge is 0.391 e. The number of aliphatic hydroxyl groups excluding tert-OH is 1. The number of aryl methyl sites for hydroxylation is 1. The van der Waals surface area contributed by atoms with Gasteiger partial charge in [-0.1, -0.05) is 57.9 Å². The lowest BCUT2D eigenvalue weighted by Crippen LogP contribution is -2.57. The van der Waals surface area contributed by atoms with Gasteiger partial charge in [-0.2, -0.15) is 0 Å². The Hall–Kier alpha value is -2.82. The molecule has 5 N–H and O–H groups in total. The SMILES string of the molecule is Cc1ncsc1-c1ccc(C(C)NC(=O)C2CC(O)CN2C(=O)C(NC(=O)CCCCCCN)C(C)(C)C)cc1. The van der Waals surface area contributed by atoms with Gasteiger partial charge in [0.05, 0.1) is 28.2 Å². The number of nitrogens with one attached hydrogen (secondary N) is 2. The standard InChI is InChI=1S/C30H45N5O4S/c1-19(21-11-13-22(14-12-21)26-20(2)32-18-40-26)33-28(38)24-16-23(36)17-35(24)29(39)27(30(3,4)5)34-25(37)10-8-6-7-9-15-31/h11-14,18-19,23-24,27,36H,6-10,15-17,31H2,1-5H3,(H,33,38)(H,34,37). The molecule has 0 saturated carbocycles. The predicted molar refractivity (Wildman–Crippen MR) is 158 cm³/mol. The van der Waals surface area contributed by atoms with E-state index in [0.717, 1.165) is 47.4 Å². The Bertz CT molecular complexity index is 1140. The Balaban J connectivity index is 1.65. The van der Waals surface area contributed by atoms with Gasteiger partial charge < -0.3 is 26.4 Å². The van der Waals surface area contributed by atoms with Crippen LogP contribution in [-0.2, 0) is 14.4 Å². The van der Waals surface area contributed by atoms with Gasteiger partial charge >= 0.3 is 0 Å². The van der Waals surface area contributed by atoms with Gasteiger partial charge in [-0.15, -0.1) is 11.3 Å². The normalized spacial score (nSPS) is 18.8. The molecule has 0 radical (unpaired) electrons. The monoisotopic (exact) mass is 571 g/mol. The van der Waals surface area contributed by atoms with E-state index in [4.69, 9.17) is 5.73 Å². The summed E-state index contributed by atoms with van der Waals surface area (Å²) in [5.74, 6) is -0.858. The molecule has 1 aliphatic heterocycles. The number of nitrogens with zero attached hydrogens (tertiary/aromatic N) is 2. The van der Waals surface area contributed by atoms with Crippen LogP contribution >= 0.6 is 11.3 Å². The number of unbranched alkanes of at least 4 members (excludes halogenated alkanes) is 3. The second-order valence-corrected chi connectivity index (χ2v) is 12.7. The van der Waals surface area contributed by atoms with Crippen molar-refractivity contribution < 1.29 is 19.5 Å². The first-order valence-corrected chi connectivity index (χ1v) is 15.1. The number of rotatable bonds is 12. The summed E-state index contributed by atoms with van der Waals surface area (Å²) in [6, 6.07) is 6.06. The van der Waals surface area contributed by atoms with Crippen molar-refractivity contribution in [2.75, 3.05) is 13.1 Å². The molecule has 1 saturated heterocycles. The first-order chi connectivity index (χ1) is 18.9. The summed E-state index contributed by atoms with van der Waals surface area (Å²) < 4.78 is 0. The molecule has 2 aromatic rings. The first-order valence-electron chi connectivity index (χ1n) is 14.2. The number of aromatic nitrogens is 1. The minimum absolute atomic E-state index is 0.0513. The molecule has 3 rings (SSSR count). The molecule has 1 fully saturated rings. The van der Waals surface area contributed by atoms with E-state index in [1.807, 2.05) is 64.4 Å². The second-order valence-electron chi connectivity index (χ2n) is 11.8. The minimum Gasteiger partial charge on any atom is -0.391 e. The van der Waals surface area contributed by atoms with Gasteiger partial charge in [-0.05, 0) is 49.8 Å². The van der Waals surface area contributed by atoms with Crippen LogP contribution in [0.5, 0.6) is 0 Å². The lowest BCUT2D eigenvalue weighted by molar-refractivity contribution is -0.144. The van der Waals surface area contributed by atoms with Crippen molar-refractivity contribution in [3.63, 3.8) is 0 Å². The van der Waals surface area contributed by atoms with Gasteiger partial charge in [0.15, 0.2) is 0 Å². The summed E-state index contributed by atoms with van der Waals surface area (Å²) >= 11 is 1.59. The Morgan fingerprint density at radius 2 is 1.80 bits per heavy atom. The molecule has 1 aromatic carbocycles. The summed E-state index contributed by atoms with van der Waals surface area (Å²) in [4.78, 5) is 46.7. The van der Waals surface area contributed by atoms with Crippen molar-refractivity contribution in [3.05, 3.63) is 41.0 Å². The van der Waals surface area contributed by atoms with Crippen LogP contribution in [0.2, 0.25) is 0 Å². The molecule has 10 heteroatoms. The van der Waals surface area contributed by atoms with Crippen LogP contribution in [0, 0.1) is 12.3 Å². The molecule has 4 atom stereocenters. The van der Waals surface area contributed by atoms with E-state index in [2.05, 4.69) is 15.6 Å². The van der Waals surface area contributed by atoms with Crippen LogP contribution < -0.4 is 16.4 Å². The summed E-state index contributed by atoms with van der Waals surface area (Å²) in [6.45, 7) is 10.2. The number of carbonyl (C=O) groups excluding carboxylic acids is 3. The fourth-order valence-corrected chi connectivity index (χ4v) is 5.84. The Morgan fingerprint density at radius 1 is 1.12 bits per heavy atom. The van der Waals surface area contributed by atoms with Crippen LogP contribution in [0.25, 0.3) is 10.4 Å². The smallest absolute Gasteiger partial charge is 0.246 e. The Morgan fingerprint density at radius 3 is 2.40 bits per heavy atom. The van der Waals surface area contributed by atoms with Gasteiger partial charge in [0.1, 0.15) is 12.1 Å². The zero-order chi connectivity index (χ0) is 29.4. The number of hydrogen-bond acceptors (Lipinski definition) is 7. The van der Waals surface area contributed by atoms with Crippen molar-refractivity contribution in [2.45, 2.75) is 97.4 Å². The number of nitrogens with two attached hydrogens (primary N) is 1. The van der Waals surface area contributed by atoms with Crippen molar-refractivity contribution in [1.82, 2.24) is 20.5 Å². The third-order valence-electron chi connectivity index (χ3n) is 7.42. The number of aliphatic hydroxyl groups is 1. The summed E-state index contributed by atoms with van der Waals surface area (Å²) in [6.07, 6.45) is 3.22. The molecule has 4 unspecified atom stereocenters. The molecular formula is C30H45N5O4S. The first kappa shape index (κ1) is 31.7. The third-order valence-corrected chi connectivity index (χ3v) is 8.40. The van der Waals surface area contributed by atoms with E-state index in [9.17, 15) is 19.5 Å². The molecule has 2 heterocycles. The van der Waals surface area contributed by atoms with Crippen LogP contribution in [0.3, 0.4) is 0 Å². The molecule has 0 spiro atoms. The van der Waals surface area contributed by atoms with Crippen molar-refractivity contribution in [2.24, 2.45) is 11.1 Å². The van der Waals surface area contributed by atoms with Crippen LogP contribution in [-0.4, -0.2) is 64.0 Å². The van der Waals surface area contributed by atoms with Crippen LogP contribution in [0.1, 0.15) is 83.5 Å². The quantitative estimate of drug-likeness (QED) is 0.287. The van der Waals surface area contributed by atoms with Crippen molar-refractivity contribution >= 4 is 29.1 Å². The highest BCUT2D eigenvalue weighted by Gasteiger charge is 2.44. The zero-order valence-corrected chi connectivity index (χ0v) is 25.2. The summed E-state index contributed by atoms with van der Waals surface area (Å²) in [5, 5.41) is 16.4. The zero-order valence-electron chi connectivity index (χ0n) is 24.4. The number of amides is 3. The second kappa shape index (κ2) is 14.2. The van der Waals surface area contributed by atoms with E-state index in [-0.39, 0.29) is 36.7 Å². The third kappa shape index (κ3) is 8.34. The maximum absolute atomic E-state index is 13.7. The molecule has 220 valence electrons. The van der Waals surface area contributed by atoms with Crippen molar-refractivity contribution in [1.29, 1.82) is 0 Å². The molecule has 40 heavy (non-hydrogen) atoms. The van der Waals surface area contributed by atoms with E-state index in [1.165, 1.54) is 4.90 Å². The average molecular weight is 572 g/mol. The van der Waals surface area contributed by atoms with Gasteiger partial charge in [0, 0.05) is 19.4 Å². The number of likely N-dealkylation sites (tertiary alicyclic amines) is 1. The fraction of sp³-hybridized carbons (Fsp3) is 0.600. The highest BCUT2D eigenvalue weighted by atomic mass is 32.1.